The summed E-state index contributed by atoms with van der Waals surface area (Å²) in [5.74, 6) is -0.381. The number of amides is 1. The van der Waals surface area contributed by atoms with Gasteiger partial charge in [-0.3, -0.25) is 14.1 Å². The molecule has 2 aromatic rings. The van der Waals surface area contributed by atoms with Crippen LogP contribution in [0, 0.1) is 0 Å². The number of benzene rings is 1. The fraction of sp³-hybridized carbons (Fsp3) is 0.294. The monoisotopic (exact) mass is 381 g/mol. The van der Waals surface area contributed by atoms with E-state index in [4.69, 9.17) is 11.6 Å². The van der Waals surface area contributed by atoms with Gasteiger partial charge in [-0.15, -0.1) is 0 Å². The van der Waals surface area contributed by atoms with Crippen LogP contribution in [0.25, 0.3) is 0 Å². The van der Waals surface area contributed by atoms with Gasteiger partial charge in [0.1, 0.15) is 6.04 Å². The molecule has 0 bridgehead atoms. The fourth-order valence-corrected chi connectivity index (χ4v) is 3.78. The van der Waals surface area contributed by atoms with Crippen LogP contribution < -0.4 is 9.62 Å². The molecule has 0 radical (unpaired) electrons. The Morgan fingerprint density at radius 3 is 2.44 bits per heavy atom. The van der Waals surface area contributed by atoms with Gasteiger partial charge in [0.05, 0.1) is 24.2 Å². The molecule has 25 heavy (non-hydrogen) atoms. The highest BCUT2D eigenvalue weighted by atomic mass is 35.5. The van der Waals surface area contributed by atoms with Crippen LogP contribution in [0.5, 0.6) is 0 Å². The molecule has 1 amide bonds. The van der Waals surface area contributed by atoms with Crippen LogP contribution in [-0.2, 0) is 21.4 Å². The van der Waals surface area contributed by atoms with E-state index in [1.807, 2.05) is 6.07 Å². The number of halogens is 1. The van der Waals surface area contributed by atoms with Gasteiger partial charge in [0.15, 0.2) is 0 Å². The maximum absolute atomic E-state index is 12.6. The number of rotatable bonds is 7. The molecule has 1 atom stereocenters. The largest absolute Gasteiger partial charge is 0.349 e. The standard InChI is InChI=1S/C17H20ClN3O3S/c1-3-16(17(22)20-12-14-6-4-5-11-19-14)21(25(2,23)24)15-9-7-13(18)8-10-15/h4-11,16H,3,12H2,1-2H3,(H,20,22)/t16-/m1/s1. The highest BCUT2D eigenvalue weighted by molar-refractivity contribution is 7.92. The minimum Gasteiger partial charge on any atom is -0.349 e. The highest BCUT2D eigenvalue weighted by Crippen LogP contribution is 2.24. The van der Waals surface area contributed by atoms with Gasteiger partial charge in [0, 0.05) is 11.2 Å². The van der Waals surface area contributed by atoms with Crippen LogP contribution in [-0.4, -0.2) is 31.6 Å². The molecule has 8 heteroatoms. The van der Waals surface area contributed by atoms with Crippen molar-refractivity contribution in [3.8, 4) is 0 Å². The number of carbonyl (C=O) groups is 1. The van der Waals surface area contributed by atoms with Crippen LogP contribution >= 0.6 is 11.6 Å². The molecule has 1 aromatic carbocycles. The van der Waals surface area contributed by atoms with Crippen LogP contribution in [0.15, 0.2) is 48.7 Å². The minimum absolute atomic E-state index is 0.231. The Hall–Kier alpha value is -2.12. The number of aromatic nitrogens is 1. The quantitative estimate of drug-likeness (QED) is 0.799. The lowest BCUT2D eigenvalue weighted by atomic mass is 10.2. The summed E-state index contributed by atoms with van der Waals surface area (Å²) < 4.78 is 25.7. The number of nitrogens with zero attached hydrogens (tertiary/aromatic N) is 2. The third-order valence-electron chi connectivity index (χ3n) is 3.58. The molecule has 134 valence electrons. The average molecular weight is 382 g/mol. The Balaban J connectivity index is 2.23. The van der Waals surface area contributed by atoms with Gasteiger partial charge in [0.2, 0.25) is 15.9 Å². The first-order chi connectivity index (χ1) is 11.8. The zero-order valence-electron chi connectivity index (χ0n) is 14.0. The van der Waals surface area contributed by atoms with Crippen molar-refractivity contribution in [2.24, 2.45) is 0 Å². The molecule has 0 saturated heterocycles. The molecule has 6 nitrogen and oxygen atoms in total. The van der Waals surface area contributed by atoms with E-state index < -0.39 is 16.1 Å². The summed E-state index contributed by atoms with van der Waals surface area (Å²) in [5, 5.41) is 3.24. The normalized spacial score (nSPS) is 12.4. The van der Waals surface area contributed by atoms with E-state index in [-0.39, 0.29) is 12.5 Å². The van der Waals surface area contributed by atoms with Crippen molar-refractivity contribution >= 4 is 33.2 Å². The van der Waals surface area contributed by atoms with Crippen LogP contribution in [0.1, 0.15) is 19.0 Å². The zero-order valence-corrected chi connectivity index (χ0v) is 15.6. The third-order valence-corrected chi connectivity index (χ3v) is 5.01. The van der Waals surface area contributed by atoms with Crippen LogP contribution in [0.3, 0.4) is 0 Å². The van der Waals surface area contributed by atoms with Crippen LogP contribution in [0.2, 0.25) is 5.02 Å². The fourth-order valence-electron chi connectivity index (χ4n) is 2.45. The predicted octanol–water partition coefficient (Wildman–Crippen LogP) is 2.60. The van der Waals surface area contributed by atoms with Gasteiger partial charge in [-0.25, -0.2) is 8.42 Å². The molecule has 0 saturated carbocycles. The topological polar surface area (TPSA) is 79.4 Å². The highest BCUT2D eigenvalue weighted by Gasteiger charge is 2.31. The maximum Gasteiger partial charge on any atom is 0.244 e. The third kappa shape index (κ3) is 5.17. The molecule has 0 fully saturated rings. The summed E-state index contributed by atoms with van der Waals surface area (Å²) >= 11 is 5.87. The van der Waals surface area contributed by atoms with Gasteiger partial charge in [-0.1, -0.05) is 24.6 Å². The summed E-state index contributed by atoms with van der Waals surface area (Å²) in [6.07, 6.45) is 3.04. The summed E-state index contributed by atoms with van der Waals surface area (Å²) in [5.41, 5.74) is 1.09. The van der Waals surface area contributed by atoms with E-state index in [9.17, 15) is 13.2 Å². The predicted molar refractivity (Wildman–Crippen MR) is 98.9 cm³/mol. The molecular weight excluding hydrogens is 362 g/mol. The first-order valence-corrected chi connectivity index (χ1v) is 9.98. The second-order valence-corrected chi connectivity index (χ2v) is 7.79. The van der Waals surface area contributed by atoms with E-state index in [0.717, 1.165) is 10.6 Å². The number of pyridine rings is 1. The lowest BCUT2D eigenvalue weighted by molar-refractivity contribution is -0.122. The molecule has 0 aliphatic heterocycles. The Morgan fingerprint density at radius 1 is 1.24 bits per heavy atom. The molecule has 0 unspecified atom stereocenters. The first kappa shape index (κ1) is 19.2. The molecule has 1 aromatic heterocycles. The van der Waals surface area contributed by atoms with Crippen molar-refractivity contribution in [1.29, 1.82) is 0 Å². The maximum atomic E-state index is 12.6. The van der Waals surface area contributed by atoms with Gasteiger partial charge in [-0.2, -0.15) is 0 Å². The molecule has 1 heterocycles. The SMILES string of the molecule is CC[C@H](C(=O)NCc1ccccn1)N(c1ccc(Cl)cc1)S(C)(=O)=O. The van der Waals surface area contributed by atoms with Crippen molar-refractivity contribution in [2.75, 3.05) is 10.6 Å². The van der Waals surface area contributed by atoms with E-state index in [0.29, 0.717) is 22.8 Å². The van der Waals surface area contributed by atoms with Crippen molar-refractivity contribution in [1.82, 2.24) is 10.3 Å². The number of nitrogens with one attached hydrogen (secondary N) is 1. The molecule has 1 N–H and O–H groups in total. The molecule has 2 rings (SSSR count). The number of anilines is 1. The summed E-state index contributed by atoms with van der Waals surface area (Å²) in [7, 11) is -3.66. The van der Waals surface area contributed by atoms with E-state index in [2.05, 4.69) is 10.3 Å². The smallest absolute Gasteiger partial charge is 0.244 e. The second-order valence-electron chi connectivity index (χ2n) is 5.50. The van der Waals surface area contributed by atoms with Gasteiger partial charge >= 0.3 is 0 Å². The summed E-state index contributed by atoms with van der Waals surface area (Å²) in [6, 6.07) is 10.9. The lowest BCUT2D eigenvalue weighted by Gasteiger charge is -2.30. The number of hydrogen-bond donors (Lipinski definition) is 1. The molecule has 0 aliphatic rings. The Morgan fingerprint density at radius 2 is 1.92 bits per heavy atom. The summed E-state index contributed by atoms with van der Waals surface area (Å²) in [6.45, 7) is 1.99. The average Bonchev–Trinajstić information content (AvgIpc) is 2.58. The van der Waals surface area contributed by atoms with Gasteiger partial charge in [-0.05, 0) is 42.8 Å². The number of hydrogen-bond acceptors (Lipinski definition) is 4. The van der Waals surface area contributed by atoms with Crippen LogP contribution in [0.4, 0.5) is 5.69 Å². The number of sulfonamides is 1. The van der Waals surface area contributed by atoms with Gasteiger partial charge in [0.25, 0.3) is 0 Å². The van der Waals surface area contributed by atoms with Crippen molar-refractivity contribution in [3.05, 3.63) is 59.4 Å². The number of carbonyl (C=O) groups excluding carboxylic acids is 1. The first-order valence-electron chi connectivity index (χ1n) is 7.75. The Kier molecular flexibility index (Phi) is 6.39. The molecule has 0 spiro atoms. The zero-order chi connectivity index (χ0) is 18.4. The Bertz CT molecular complexity index is 811. The second kappa shape index (κ2) is 8.31. The minimum atomic E-state index is -3.66. The summed E-state index contributed by atoms with van der Waals surface area (Å²) in [4.78, 5) is 16.7. The lowest BCUT2D eigenvalue weighted by Crippen LogP contribution is -2.49. The van der Waals surface area contributed by atoms with Crippen molar-refractivity contribution in [2.45, 2.75) is 25.9 Å². The molecule has 0 aliphatic carbocycles. The van der Waals surface area contributed by atoms with E-state index in [1.54, 1.807) is 49.5 Å². The van der Waals surface area contributed by atoms with Gasteiger partial charge < -0.3 is 5.32 Å². The Labute approximate surface area is 152 Å². The molecular formula is C17H20ClN3O3S. The van der Waals surface area contributed by atoms with Crippen molar-refractivity contribution in [3.63, 3.8) is 0 Å². The van der Waals surface area contributed by atoms with E-state index >= 15 is 0 Å². The van der Waals surface area contributed by atoms with E-state index in [1.165, 1.54) is 0 Å². The van der Waals surface area contributed by atoms with Crippen molar-refractivity contribution < 1.29 is 13.2 Å².